The van der Waals surface area contributed by atoms with E-state index in [4.69, 9.17) is 4.74 Å². The van der Waals surface area contributed by atoms with Gasteiger partial charge < -0.3 is 10.1 Å². The van der Waals surface area contributed by atoms with Crippen molar-refractivity contribution in [1.29, 1.82) is 0 Å². The summed E-state index contributed by atoms with van der Waals surface area (Å²) in [6, 6.07) is 3.67. The number of nitrogens with one attached hydrogen (secondary N) is 1. The Hall–Kier alpha value is -0.820. The third-order valence-corrected chi connectivity index (χ3v) is 5.98. The van der Waals surface area contributed by atoms with Gasteiger partial charge in [0.1, 0.15) is 10.6 Å². The predicted octanol–water partition coefficient (Wildman–Crippen LogP) is 2.11. The van der Waals surface area contributed by atoms with E-state index in [9.17, 15) is 8.42 Å². The fraction of sp³-hybridized carbons (Fsp3) is 0.600. The maximum absolute atomic E-state index is 12.9. The normalized spacial score (nSPS) is 16.4. The van der Waals surface area contributed by atoms with E-state index in [1.807, 2.05) is 19.9 Å². The Morgan fingerprint density at radius 2 is 1.82 bits per heavy atom. The number of benzene rings is 1. The molecule has 0 spiro atoms. The highest BCUT2D eigenvalue weighted by Gasteiger charge is 2.31. The number of sulfonamides is 1. The molecule has 0 aliphatic carbocycles. The number of methoxy groups -OCH3 is 1. The largest absolute Gasteiger partial charge is 0.495 e. The van der Waals surface area contributed by atoms with Crippen molar-refractivity contribution in [3.63, 3.8) is 0 Å². The highest BCUT2D eigenvalue weighted by atomic mass is 35.5. The van der Waals surface area contributed by atoms with Gasteiger partial charge in [0.25, 0.3) is 0 Å². The van der Waals surface area contributed by atoms with Crippen LogP contribution >= 0.6 is 12.4 Å². The minimum absolute atomic E-state index is 0. The van der Waals surface area contributed by atoms with Crippen molar-refractivity contribution in [3.05, 3.63) is 23.3 Å². The number of ether oxygens (including phenoxy) is 1. The van der Waals surface area contributed by atoms with E-state index in [0.717, 1.165) is 37.1 Å². The van der Waals surface area contributed by atoms with Crippen molar-refractivity contribution < 1.29 is 13.2 Å². The van der Waals surface area contributed by atoms with Gasteiger partial charge in [-0.25, -0.2) is 8.42 Å². The first-order chi connectivity index (χ1) is 9.87. The number of nitrogens with zero attached hydrogens (tertiary/aromatic N) is 1. The quantitative estimate of drug-likeness (QED) is 0.905. The van der Waals surface area contributed by atoms with Gasteiger partial charge in [-0.1, -0.05) is 6.07 Å². The van der Waals surface area contributed by atoms with E-state index in [1.54, 1.807) is 13.1 Å². The molecule has 1 heterocycles. The van der Waals surface area contributed by atoms with Crippen molar-refractivity contribution in [2.75, 3.05) is 27.2 Å². The molecule has 126 valence electrons. The fourth-order valence-corrected chi connectivity index (χ4v) is 4.62. The van der Waals surface area contributed by atoms with Crippen molar-refractivity contribution in [3.8, 4) is 5.75 Å². The SMILES string of the molecule is COc1c(C)cc(C)cc1S(=O)(=O)N(C)C1CCNCC1.Cl. The molecule has 1 fully saturated rings. The first kappa shape index (κ1) is 19.2. The molecule has 1 aromatic rings. The molecule has 22 heavy (non-hydrogen) atoms. The molecule has 0 radical (unpaired) electrons. The van der Waals surface area contributed by atoms with Crippen LogP contribution in [0.15, 0.2) is 17.0 Å². The number of rotatable bonds is 4. The monoisotopic (exact) mass is 348 g/mol. The van der Waals surface area contributed by atoms with Crippen LogP contribution in [0.2, 0.25) is 0 Å². The highest BCUT2D eigenvalue weighted by molar-refractivity contribution is 7.89. The smallest absolute Gasteiger partial charge is 0.246 e. The first-order valence-electron chi connectivity index (χ1n) is 7.22. The van der Waals surface area contributed by atoms with E-state index < -0.39 is 10.0 Å². The van der Waals surface area contributed by atoms with Gasteiger partial charge in [-0.05, 0) is 57.0 Å². The number of aryl methyl sites for hydroxylation is 2. The zero-order valence-corrected chi connectivity index (χ0v) is 15.2. The molecule has 0 bridgehead atoms. The van der Waals surface area contributed by atoms with Gasteiger partial charge in [0, 0.05) is 13.1 Å². The summed E-state index contributed by atoms with van der Waals surface area (Å²) in [6.45, 7) is 5.48. The van der Waals surface area contributed by atoms with Crippen LogP contribution < -0.4 is 10.1 Å². The molecular formula is C15H25ClN2O3S. The van der Waals surface area contributed by atoms with Gasteiger partial charge >= 0.3 is 0 Å². The van der Waals surface area contributed by atoms with Crippen LogP contribution in [0.25, 0.3) is 0 Å². The number of piperidine rings is 1. The molecule has 0 aromatic heterocycles. The molecule has 5 nitrogen and oxygen atoms in total. The lowest BCUT2D eigenvalue weighted by Crippen LogP contribution is -2.44. The van der Waals surface area contributed by atoms with Crippen LogP contribution in [0.3, 0.4) is 0 Å². The van der Waals surface area contributed by atoms with Gasteiger partial charge in [0.15, 0.2) is 0 Å². The minimum atomic E-state index is -3.55. The molecule has 1 aromatic carbocycles. The summed E-state index contributed by atoms with van der Waals surface area (Å²) >= 11 is 0. The van der Waals surface area contributed by atoms with E-state index in [2.05, 4.69) is 5.32 Å². The Morgan fingerprint density at radius 3 is 2.36 bits per heavy atom. The van der Waals surface area contributed by atoms with Crippen LogP contribution in [0.1, 0.15) is 24.0 Å². The Labute approximate surface area is 139 Å². The van der Waals surface area contributed by atoms with Crippen molar-refractivity contribution in [2.24, 2.45) is 0 Å². The Bertz CT molecular complexity index is 613. The Balaban J connectivity index is 0.00000242. The van der Waals surface area contributed by atoms with E-state index in [0.29, 0.717) is 5.75 Å². The molecule has 1 saturated heterocycles. The molecule has 1 N–H and O–H groups in total. The molecule has 7 heteroatoms. The van der Waals surface area contributed by atoms with Gasteiger partial charge in [-0.3, -0.25) is 0 Å². The molecule has 0 unspecified atom stereocenters. The maximum atomic E-state index is 12.9. The highest BCUT2D eigenvalue weighted by Crippen LogP contribution is 2.32. The zero-order valence-electron chi connectivity index (χ0n) is 13.5. The predicted molar refractivity (Wildman–Crippen MR) is 90.6 cm³/mol. The lowest BCUT2D eigenvalue weighted by Gasteiger charge is -2.31. The van der Waals surface area contributed by atoms with Gasteiger partial charge in [0.05, 0.1) is 7.11 Å². The van der Waals surface area contributed by atoms with Gasteiger partial charge in [0.2, 0.25) is 10.0 Å². The first-order valence-corrected chi connectivity index (χ1v) is 8.66. The number of halogens is 1. The lowest BCUT2D eigenvalue weighted by atomic mass is 10.1. The van der Waals surface area contributed by atoms with E-state index in [-0.39, 0.29) is 23.3 Å². The Kier molecular flexibility index (Phi) is 6.67. The van der Waals surface area contributed by atoms with Crippen LogP contribution in [-0.2, 0) is 10.0 Å². The van der Waals surface area contributed by atoms with Gasteiger partial charge in [-0.15, -0.1) is 12.4 Å². The van der Waals surface area contributed by atoms with Crippen LogP contribution in [0, 0.1) is 13.8 Å². The molecule has 1 aliphatic heterocycles. The van der Waals surface area contributed by atoms with E-state index in [1.165, 1.54) is 11.4 Å². The van der Waals surface area contributed by atoms with Crippen molar-refractivity contribution in [1.82, 2.24) is 9.62 Å². The third kappa shape index (κ3) is 3.74. The summed E-state index contributed by atoms with van der Waals surface area (Å²) in [5.41, 5.74) is 1.76. The van der Waals surface area contributed by atoms with Crippen LogP contribution in [-0.4, -0.2) is 46.0 Å². The lowest BCUT2D eigenvalue weighted by molar-refractivity contribution is 0.295. The van der Waals surface area contributed by atoms with Gasteiger partial charge in [-0.2, -0.15) is 4.31 Å². The van der Waals surface area contributed by atoms with E-state index >= 15 is 0 Å². The topological polar surface area (TPSA) is 58.6 Å². The second-order valence-corrected chi connectivity index (χ2v) is 7.58. The fourth-order valence-electron chi connectivity index (χ4n) is 2.89. The Morgan fingerprint density at radius 1 is 1.23 bits per heavy atom. The summed E-state index contributed by atoms with van der Waals surface area (Å²) < 4.78 is 32.7. The average molecular weight is 349 g/mol. The summed E-state index contributed by atoms with van der Waals surface area (Å²) in [6.07, 6.45) is 1.67. The molecule has 0 saturated carbocycles. The number of hydrogen-bond acceptors (Lipinski definition) is 4. The summed E-state index contributed by atoms with van der Waals surface area (Å²) in [4.78, 5) is 0.267. The number of hydrogen-bond donors (Lipinski definition) is 1. The molecule has 0 amide bonds. The van der Waals surface area contributed by atoms with Crippen LogP contribution in [0.4, 0.5) is 0 Å². The zero-order chi connectivity index (χ0) is 15.6. The van der Waals surface area contributed by atoms with Crippen LogP contribution in [0.5, 0.6) is 5.75 Å². The maximum Gasteiger partial charge on any atom is 0.246 e. The molecule has 2 rings (SSSR count). The third-order valence-electron chi connectivity index (χ3n) is 4.07. The molecule has 1 aliphatic rings. The molecular weight excluding hydrogens is 324 g/mol. The summed E-state index contributed by atoms with van der Waals surface area (Å²) in [5, 5.41) is 3.26. The van der Waals surface area contributed by atoms with Crippen molar-refractivity contribution in [2.45, 2.75) is 37.6 Å². The average Bonchev–Trinajstić information content (AvgIpc) is 2.46. The summed E-state index contributed by atoms with van der Waals surface area (Å²) in [5.74, 6) is 0.446. The van der Waals surface area contributed by atoms with Crippen molar-refractivity contribution >= 4 is 22.4 Å². The standard InChI is InChI=1S/C15H24N2O3S.ClH/c1-11-9-12(2)15(20-4)14(10-11)21(18,19)17(3)13-5-7-16-8-6-13;/h9-10,13,16H,5-8H2,1-4H3;1H. The second-order valence-electron chi connectivity index (χ2n) is 5.62. The summed E-state index contributed by atoms with van der Waals surface area (Å²) in [7, 11) is -0.362. The minimum Gasteiger partial charge on any atom is -0.495 e. The second kappa shape index (κ2) is 7.64. The molecule has 0 atom stereocenters.